The molecule has 0 bridgehead atoms. The van der Waals surface area contributed by atoms with E-state index in [0.29, 0.717) is 47.8 Å². The van der Waals surface area contributed by atoms with Gasteiger partial charge in [-0.3, -0.25) is 14.2 Å². The summed E-state index contributed by atoms with van der Waals surface area (Å²) in [5.41, 5.74) is 1.60. The number of benzene rings is 1. The van der Waals surface area contributed by atoms with Crippen molar-refractivity contribution in [1.29, 1.82) is 0 Å². The first-order valence-electron chi connectivity index (χ1n) is 9.78. The number of carbonyl (C=O) groups excluding carboxylic acids is 1. The molecule has 0 radical (unpaired) electrons. The SMILES string of the molecule is CCCn1cnc2sc(C(=O)N3CCN(c4ccc(F)cc4)CC3)c(C)c2c1=O. The molecule has 3 heterocycles. The van der Waals surface area contributed by atoms with Gasteiger partial charge in [-0.15, -0.1) is 11.3 Å². The number of nitrogens with zero attached hydrogens (tertiary/aromatic N) is 4. The molecule has 4 rings (SSSR count). The third-order valence-corrected chi connectivity index (χ3v) is 6.52. The van der Waals surface area contributed by atoms with Crippen molar-refractivity contribution < 1.29 is 9.18 Å². The van der Waals surface area contributed by atoms with Crippen LogP contribution in [0.1, 0.15) is 28.6 Å². The van der Waals surface area contributed by atoms with Gasteiger partial charge >= 0.3 is 0 Å². The molecule has 152 valence electrons. The van der Waals surface area contributed by atoms with Crippen molar-refractivity contribution in [3.63, 3.8) is 0 Å². The summed E-state index contributed by atoms with van der Waals surface area (Å²) in [5, 5.41) is 0.555. The van der Waals surface area contributed by atoms with Gasteiger partial charge in [-0.05, 0) is 43.2 Å². The van der Waals surface area contributed by atoms with Crippen LogP contribution >= 0.6 is 11.3 Å². The quantitative estimate of drug-likeness (QED) is 0.658. The van der Waals surface area contributed by atoms with E-state index in [1.165, 1.54) is 23.5 Å². The van der Waals surface area contributed by atoms with Gasteiger partial charge in [-0.2, -0.15) is 0 Å². The van der Waals surface area contributed by atoms with Crippen LogP contribution in [0.5, 0.6) is 0 Å². The maximum atomic E-state index is 13.1. The molecular weight excluding hydrogens is 391 g/mol. The van der Waals surface area contributed by atoms with Crippen molar-refractivity contribution in [2.75, 3.05) is 31.1 Å². The van der Waals surface area contributed by atoms with Crippen molar-refractivity contribution in [3.05, 3.63) is 57.2 Å². The Morgan fingerprint density at radius 1 is 1.17 bits per heavy atom. The first kappa shape index (κ1) is 19.6. The van der Waals surface area contributed by atoms with Gasteiger partial charge in [-0.25, -0.2) is 9.37 Å². The zero-order chi connectivity index (χ0) is 20.5. The topological polar surface area (TPSA) is 58.4 Å². The van der Waals surface area contributed by atoms with Crippen LogP contribution in [0.3, 0.4) is 0 Å². The maximum absolute atomic E-state index is 13.1. The highest BCUT2D eigenvalue weighted by molar-refractivity contribution is 7.20. The number of aryl methyl sites for hydroxylation is 2. The Labute approximate surface area is 172 Å². The van der Waals surface area contributed by atoms with Crippen LogP contribution in [-0.2, 0) is 6.54 Å². The number of amides is 1. The van der Waals surface area contributed by atoms with Crippen molar-refractivity contribution in [3.8, 4) is 0 Å². The fourth-order valence-electron chi connectivity index (χ4n) is 3.73. The van der Waals surface area contributed by atoms with Crippen molar-refractivity contribution >= 4 is 33.1 Å². The van der Waals surface area contributed by atoms with E-state index in [2.05, 4.69) is 9.88 Å². The molecule has 29 heavy (non-hydrogen) atoms. The van der Waals surface area contributed by atoms with Crippen LogP contribution in [0.25, 0.3) is 10.2 Å². The molecule has 0 saturated carbocycles. The molecule has 1 aliphatic rings. The number of halogens is 1. The second-order valence-corrected chi connectivity index (χ2v) is 8.23. The Hall–Kier alpha value is -2.74. The number of rotatable bonds is 4. The van der Waals surface area contributed by atoms with E-state index < -0.39 is 0 Å². The van der Waals surface area contributed by atoms with Crippen LogP contribution in [0.4, 0.5) is 10.1 Å². The van der Waals surface area contributed by atoms with Gasteiger partial charge in [0, 0.05) is 38.4 Å². The van der Waals surface area contributed by atoms with Crippen LogP contribution < -0.4 is 10.5 Å². The lowest BCUT2D eigenvalue weighted by Crippen LogP contribution is -2.48. The van der Waals surface area contributed by atoms with Crippen molar-refractivity contribution in [1.82, 2.24) is 14.5 Å². The Morgan fingerprint density at radius 3 is 2.52 bits per heavy atom. The van der Waals surface area contributed by atoms with Crippen molar-refractivity contribution in [2.24, 2.45) is 0 Å². The third kappa shape index (κ3) is 3.64. The molecule has 3 aromatic rings. The number of anilines is 1. The minimum Gasteiger partial charge on any atom is -0.368 e. The number of fused-ring (bicyclic) bond motifs is 1. The lowest BCUT2D eigenvalue weighted by Gasteiger charge is -2.36. The Kier molecular flexibility index (Phi) is 5.36. The highest BCUT2D eigenvalue weighted by atomic mass is 32.1. The van der Waals surface area contributed by atoms with Gasteiger partial charge in [0.1, 0.15) is 10.6 Å². The molecule has 0 spiro atoms. The number of hydrogen-bond acceptors (Lipinski definition) is 5. The normalized spacial score (nSPS) is 14.6. The third-order valence-electron chi connectivity index (χ3n) is 5.33. The Bertz CT molecular complexity index is 1100. The minimum atomic E-state index is -0.255. The molecule has 1 aromatic carbocycles. The van der Waals surface area contributed by atoms with Crippen molar-refractivity contribution in [2.45, 2.75) is 26.8 Å². The smallest absolute Gasteiger partial charge is 0.264 e. The zero-order valence-corrected chi connectivity index (χ0v) is 17.3. The number of aromatic nitrogens is 2. The first-order chi connectivity index (χ1) is 14.0. The lowest BCUT2D eigenvalue weighted by atomic mass is 10.2. The average molecular weight is 415 g/mol. The summed E-state index contributed by atoms with van der Waals surface area (Å²) in [7, 11) is 0. The lowest BCUT2D eigenvalue weighted by molar-refractivity contribution is 0.0751. The standard InChI is InChI=1S/C21H23FN4O2S/c1-3-8-26-13-23-19-17(20(26)27)14(2)18(29-19)21(28)25-11-9-24(10-12-25)16-6-4-15(22)5-7-16/h4-7,13H,3,8-12H2,1-2H3. The van der Waals surface area contributed by atoms with E-state index >= 15 is 0 Å². The highest BCUT2D eigenvalue weighted by Gasteiger charge is 2.26. The van der Waals surface area contributed by atoms with E-state index in [1.807, 2.05) is 18.7 Å². The van der Waals surface area contributed by atoms with Crippen LogP contribution in [-0.4, -0.2) is 46.5 Å². The van der Waals surface area contributed by atoms with Gasteiger partial charge in [0.15, 0.2) is 0 Å². The number of thiophene rings is 1. The maximum Gasteiger partial charge on any atom is 0.264 e. The van der Waals surface area contributed by atoms with E-state index in [-0.39, 0.29) is 17.3 Å². The molecule has 1 saturated heterocycles. The number of hydrogen-bond donors (Lipinski definition) is 0. The van der Waals surface area contributed by atoms with Gasteiger partial charge in [0.25, 0.3) is 11.5 Å². The largest absolute Gasteiger partial charge is 0.368 e. The van der Waals surface area contributed by atoms with Gasteiger partial charge in [0.05, 0.1) is 16.6 Å². The summed E-state index contributed by atoms with van der Waals surface area (Å²) in [5.74, 6) is -0.305. The molecule has 2 aromatic heterocycles. The Balaban J connectivity index is 1.54. The molecule has 1 fully saturated rings. The van der Waals surface area contributed by atoms with Gasteiger partial charge in [0.2, 0.25) is 0 Å². The molecule has 0 N–H and O–H groups in total. The minimum absolute atomic E-state index is 0.0503. The summed E-state index contributed by atoms with van der Waals surface area (Å²) in [6.45, 7) is 6.99. The second-order valence-electron chi connectivity index (χ2n) is 7.24. The molecule has 1 amide bonds. The number of piperazine rings is 1. The molecule has 0 atom stereocenters. The molecule has 0 unspecified atom stereocenters. The first-order valence-corrected chi connectivity index (χ1v) is 10.6. The van der Waals surface area contributed by atoms with Gasteiger partial charge in [-0.1, -0.05) is 6.92 Å². The van der Waals surface area contributed by atoms with Crippen LogP contribution in [0.15, 0.2) is 35.4 Å². The fraction of sp³-hybridized carbons (Fsp3) is 0.381. The summed E-state index contributed by atoms with van der Waals surface area (Å²) in [4.78, 5) is 35.5. The van der Waals surface area contributed by atoms with E-state index in [1.54, 1.807) is 23.0 Å². The molecule has 6 nitrogen and oxygen atoms in total. The van der Waals surface area contributed by atoms with E-state index in [9.17, 15) is 14.0 Å². The van der Waals surface area contributed by atoms with E-state index in [0.717, 1.165) is 17.7 Å². The zero-order valence-electron chi connectivity index (χ0n) is 16.5. The summed E-state index contributed by atoms with van der Waals surface area (Å²) >= 11 is 1.29. The number of carbonyl (C=O) groups is 1. The summed E-state index contributed by atoms with van der Waals surface area (Å²) in [6, 6.07) is 6.42. The predicted octanol–water partition coefficient (Wildman–Crippen LogP) is 3.28. The fourth-order valence-corrected chi connectivity index (χ4v) is 4.83. The molecule has 0 aliphatic carbocycles. The molecule has 1 aliphatic heterocycles. The average Bonchev–Trinajstić information content (AvgIpc) is 3.07. The highest BCUT2D eigenvalue weighted by Crippen LogP contribution is 2.28. The second kappa shape index (κ2) is 7.94. The monoisotopic (exact) mass is 414 g/mol. The molecular formula is C21H23FN4O2S. The van der Waals surface area contributed by atoms with Crippen LogP contribution in [0.2, 0.25) is 0 Å². The van der Waals surface area contributed by atoms with Crippen LogP contribution in [0, 0.1) is 12.7 Å². The van der Waals surface area contributed by atoms with E-state index in [4.69, 9.17) is 0 Å². The summed E-state index contributed by atoms with van der Waals surface area (Å²) in [6.07, 6.45) is 2.42. The Morgan fingerprint density at radius 2 is 1.86 bits per heavy atom. The summed E-state index contributed by atoms with van der Waals surface area (Å²) < 4.78 is 14.7. The van der Waals surface area contributed by atoms with Gasteiger partial charge < -0.3 is 9.80 Å². The molecule has 8 heteroatoms. The predicted molar refractivity (Wildman–Crippen MR) is 113 cm³/mol.